The van der Waals surface area contributed by atoms with Crippen molar-refractivity contribution in [3.05, 3.63) is 58.8 Å². The molecule has 5 heteroatoms. The molecule has 1 aromatic carbocycles. The second-order valence-electron chi connectivity index (χ2n) is 6.41. The summed E-state index contributed by atoms with van der Waals surface area (Å²) in [6.07, 6.45) is 4.17. The lowest BCUT2D eigenvalue weighted by molar-refractivity contribution is 0.288. The Kier molecular flexibility index (Phi) is 4.57. The number of hydrogen-bond donors (Lipinski definition) is 0. The van der Waals surface area contributed by atoms with Gasteiger partial charge in [0.2, 0.25) is 0 Å². The molecule has 2 aromatic heterocycles. The van der Waals surface area contributed by atoms with Crippen LogP contribution in [0, 0.1) is 6.92 Å². The van der Waals surface area contributed by atoms with Gasteiger partial charge in [-0.3, -0.25) is 0 Å². The van der Waals surface area contributed by atoms with E-state index < -0.39 is 0 Å². The molecule has 0 spiro atoms. The van der Waals surface area contributed by atoms with Crippen LogP contribution < -0.4 is 9.64 Å². The van der Waals surface area contributed by atoms with Crippen molar-refractivity contribution in [3.63, 3.8) is 0 Å². The molecule has 4 rings (SSSR count). The fourth-order valence-corrected chi connectivity index (χ4v) is 3.67. The summed E-state index contributed by atoms with van der Waals surface area (Å²) in [6.45, 7) is 3.73. The number of rotatable bonds is 4. The van der Waals surface area contributed by atoms with Crippen LogP contribution >= 0.6 is 15.9 Å². The normalized spacial score (nSPS) is 17.2. The molecule has 0 bridgehead atoms. The number of pyridine rings is 2. The lowest BCUT2D eigenvalue weighted by Gasteiger charge is -2.27. The molecule has 1 aliphatic heterocycles. The van der Waals surface area contributed by atoms with E-state index in [4.69, 9.17) is 4.74 Å². The SMILES string of the molecule is Cc1ccc2c(N3CCC[C@H]3COc3ccc(Br)cc3)ccnc2n1. The summed E-state index contributed by atoms with van der Waals surface area (Å²) in [4.78, 5) is 11.4. The Hall–Kier alpha value is -2.14. The zero-order valence-electron chi connectivity index (χ0n) is 14.2. The molecule has 3 heterocycles. The lowest BCUT2D eigenvalue weighted by Crippen LogP contribution is -2.34. The van der Waals surface area contributed by atoms with E-state index >= 15 is 0 Å². The van der Waals surface area contributed by atoms with E-state index in [-0.39, 0.29) is 0 Å². The van der Waals surface area contributed by atoms with Crippen LogP contribution in [0.1, 0.15) is 18.5 Å². The molecular weight excluding hydrogens is 378 g/mol. The molecule has 25 heavy (non-hydrogen) atoms. The van der Waals surface area contributed by atoms with Crippen molar-refractivity contribution in [2.75, 3.05) is 18.1 Å². The summed E-state index contributed by atoms with van der Waals surface area (Å²) in [5.74, 6) is 0.909. The Morgan fingerprint density at radius 3 is 2.84 bits per heavy atom. The van der Waals surface area contributed by atoms with Crippen molar-refractivity contribution < 1.29 is 4.74 Å². The van der Waals surface area contributed by atoms with Crippen LogP contribution in [0.4, 0.5) is 5.69 Å². The Labute approximate surface area is 156 Å². The maximum Gasteiger partial charge on any atom is 0.161 e. The summed E-state index contributed by atoms with van der Waals surface area (Å²) in [5, 5.41) is 1.11. The maximum atomic E-state index is 6.03. The van der Waals surface area contributed by atoms with Gasteiger partial charge < -0.3 is 9.64 Å². The second-order valence-corrected chi connectivity index (χ2v) is 7.32. The van der Waals surface area contributed by atoms with Gasteiger partial charge in [-0.15, -0.1) is 0 Å². The number of halogens is 1. The molecule has 4 nitrogen and oxygen atoms in total. The first-order valence-corrected chi connectivity index (χ1v) is 9.37. The average Bonchev–Trinajstić information content (AvgIpc) is 3.09. The first kappa shape index (κ1) is 16.3. The second kappa shape index (κ2) is 7.00. The fraction of sp³-hybridized carbons (Fsp3) is 0.300. The number of benzene rings is 1. The molecule has 0 unspecified atom stereocenters. The first-order valence-electron chi connectivity index (χ1n) is 8.58. The van der Waals surface area contributed by atoms with Crippen molar-refractivity contribution in [1.29, 1.82) is 0 Å². The fourth-order valence-electron chi connectivity index (χ4n) is 3.41. The summed E-state index contributed by atoms with van der Waals surface area (Å²) < 4.78 is 7.10. The van der Waals surface area contributed by atoms with Gasteiger partial charge in [0.15, 0.2) is 5.65 Å². The van der Waals surface area contributed by atoms with Gasteiger partial charge in [0, 0.05) is 34.0 Å². The zero-order chi connectivity index (χ0) is 17.2. The zero-order valence-corrected chi connectivity index (χ0v) is 15.7. The van der Waals surface area contributed by atoms with Crippen molar-refractivity contribution in [1.82, 2.24) is 9.97 Å². The predicted molar refractivity (Wildman–Crippen MR) is 104 cm³/mol. The molecule has 0 saturated carbocycles. The highest BCUT2D eigenvalue weighted by molar-refractivity contribution is 9.10. The number of aromatic nitrogens is 2. The number of anilines is 1. The Morgan fingerprint density at radius 1 is 1.16 bits per heavy atom. The minimum absolute atomic E-state index is 0.371. The van der Waals surface area contributed by atoms with Crippen LogP contribution in [0.5, 0.6) is 5.75 Å². The van der Waals surface area contributed by atoms with Crippen LogP contribution in [0.15, 0.2) is 53.1 Å². The first-order chi connectivity index (χ1) is 12.2. The molecule has 3 aromatic rings. The highest BCUT2D eigenvalue weighted by atomic mass is 79.9. The van der Waals surface area contributed by atoms with E-state index in [2.05, 4.69) is 49.0 Å². The number of fused-ring (bicyclic) bond motifs is 1. The Morgan fingerprint density at radius 2 is 2.00 bits per heavy atom. The third-order valence-corrected chi connectivity index (χ3v) is 5.19. The third kappa shape index (κ3) is 3.47. The molecule has 0 N–H and O–H groups in total. The number of nitrogens with zero attached hydrogens (tertiary/aromatic N) is 3. The van der Waals surface area contributed by atoms with E-state index in [0.717, 1.165) is 39.9 Å². The summed E-state index contributed by atoms with van der Waals surface area (Å²) >= 11 is 3.46. The monoisotopic (exact) mass is 397 g/mol. The van der Waals surface area contributed by atoms with Crippen LogP contribution in [-0.4, -0.2) is 29.2 Å². The van der Waals surface area contributed by atoms with Gasteiger partial charge in [0.25, 0.3) is 0 Å². The van der Waals surface area contributed by atoms with Crippen molar-refractivity contribution in [2.45, 2.75) is 25.8 Å². The largest absolute Gasteiger partial charge is 0.491 e. The minimum atomic E-state index is 0.371. The van der Waals surface area contributed by atoms with E-state index in [0.29, 0.717) is 12.6 Å². The van der Waals surface area contributed by atoms with E-state index in [9.17, 15) is 0 Å². The molecular formula is C20H20BrN3O. The molecule has 128 valence electrons. The van der Waals surface area contributed by atoms with Crippen molar-refractivity contribution in [2.24, 2.45) is 0 Å². The van der Waals surface area contributed by atoms with Crippen LogP contribution in [0.3, 0.4) is 0 Å². The summed E-state index contributed by atoms with van der Waals surface area (Å²) in [5.41, 5.74) is 3.02. The van der Waals surface area contributed by atoms with Crippen LogP contribution in [0.2, 0.25) is 0 Å². The maximum absolute atomic E-state index is 6.03. The van der Waals surface area contributed by atoms with E-state index in [1.54, 1.807) is 0 Å². The van der Waals surface area contributed by atoms with E-state index in [1.165, 1.54) is 12.1 Å². The number of ether oxygens (including phenoxy) is 1. The molecule has 1 fully saturated rings. The standard InChI is InChI=1S/C20H20BrN3O/c1-14-4-9-18-19(10-11-22-20(18)23-14)24-12-2-3-16(24)13-25-17-7-5-15(21)6-8-17/h4-11,16H,2-3,12-13H2,1H3/t16-/m0/s1. The molecule has 1 aliphatic rings. The highest BCUT2D eigenvalue weighted by Crippen LogP contribution is 2.31. The highest BCUT2D eigenvalue weighted by Gasteiger charge is 2.26. The van der Waals surface area contributed by atoms with Crippen molar-refractivity contribution in [3.8, 4) is 5.75 Å². The van der Waals surface area contributed by atoms with Gasteiger partial charge in [-0.1, -0.05) is 15.9 Å². The Bertz CT molecular complexity index is 882. The van der Waals surface area contributed by atoms with Gasteiger partial charge in [0.05, 0.1) is 6.04 Å². The molecule has 1 atom stereocenters. The predicted octanol–water partition coefficient (Wildman–Crippen LogP) is 4.75. The smallest absolute Gasteiger partial charge is 0.161 e. The third-order valence-electron chi connectivity index (χ3n) is 4.66. The van der Waals surface area contributed by atoms with Gasteiger partial charge >= 0.3 is 0 Å². The van der Waals surface area contributed by atoms with Gasteiger partial charge in [0.1, 0.15) is 12.4 Å². The molecule has 1 saturated heterocycles. The van der Waals surface area contributed by atoms with Gasteiger partial charge in [-0.25, -0.2) is 9.97 Å². The van der Waals surface area contributed by atoms with Crippen LogP contribution in [-0.2, 0) is 0 Å². The molecule has 0 radical (unpaired) electrons. The minimum Gasteiger partial charge on any atom is -0.491 e. The van der Waals surface area contributed by atoms with Gasteiger partial charge in [-0.05, 0) is 62.2 Å². The van der Waals surface area contributed by atoms with Crippen molar-refractivity contribution >= 4 is 32.7 Å². The Balaban J connectivity index is 1.56. The molecule has 0 aliphatic carbocycles. The number of aryl methyl sites for hydroxylation is 1. The van der Waals surface area contributed by atoms with E-state index in [1.807, 2.05) is 37.4 Å². The van der Waals surface area contributed by atoms with Gasteiger partial charge in [-0.2, -0.15) is 0 Å². The number of hydrogen-bond acceptors (Lipinski definition) is 4. The summed E-state index contributed by atoms with van der Waals surface area (Å²) in [7, 11) is 0. The topological polar surface area (TPSA) is 38.2 Å². The molecule has 0 amide bonds. The summed E-state index contributed by atoms with van der Waals surface area (Å²) in [6, 6.07) is 14.7. The van der Waals surface area contributed by atoms with Crippen LogP contribution in [0.25, 0.3) is 11.0 Å². The average molecular weight is 398 g/mol. The lowest BCUT2D eigenvalue weighted by atomic mass is 10.2. The quantitative estimate of drug-likeness (QED) is 0.636.